The van der Waals surface area contributed by atoms with E-state index in [1.54, 1.807) is 12.3 Å². The summed E-state index contributed by atoms with van der Waals surface area (Å²) in [7, 11) is 0. The summed E-state index contributed by atoms with van der Waals surface area (Å²) in [6.07, 6.45) is 3.76. The van der Waals surface area contributed by atoms with E-state index in [4.69, 9.17) is 5.84 Å². The lowest BCUT2D eigenvalue weighted by Crippen LogP contribution is -2.35. The predicted molar refractivity (Wildman–Crippen MR) is 82.4 cm³/mol. The van der Waals surface area contributed by atoms with E-state index in [9.17, 15) is 4.79 Å². The standard InChI is InChI=1S/C15H26N4O/c1-5-12(6-2)10-19(7-3)15(20)13-9-17-11(4)8-14(13)18-16/h8-9,12H,5-7,10,16H2,1-4H3,(H,17,18). The molecule has 1 rings (SSSR count). The Morgan fingerprint density at radius 1 is 1.40 bits per heavy atom. The Morgan fingerprint density at radius 3 is 2.55 bits per heavy atom. The fraction of sp³-hybridized carbons (Fsp3) is 0.600. The van der Waals surface area contributed by atoms with Crippen molar-refractivity contribution in [3.8, 4) is 0 Å². The zero-order chi connectivity index (χ0) is 15.1. The van der Waals surface area contributed by atoms with E-state index >= 15 is 0 Å². The molecule has 0 unspecified atom stereocenters. The fourth-order valence-electron chi connectivity index (χ4n) is 2.23. The highest BCUT2D eigenvalue weighted by Gasteiger charge is 2.20. The highest BCUT2D eigenvalue weighted by molar-refractivity contribution is 5.99. The number of amides is 1. The SMILES string of the molecule is CCC(CC)CN(CC)C(=O)c1cnc(C)cc1NN. The summed E-state index contributed by atoms with van der Waals surface area (Å²) >= 11 is 0. The first-order valence-electron chi connectivity index (χ1n) is 7.29. The summed E-state index contributed by atoms with van der Waals surface area (Å²) in [4.78, 5) is 18.7. The van der Waals surface area contributed by atoms with E-state index in [1.807, 2.05) is 18.7 Å². The lowest BCUT2D eigenvalue weighted by molar-refractivity contribution is 0.0735. The summed E-state index contributed by atoms with van der Waals surface area (Å²) in [6.45, 7) is 9.65. The first-order valence-corrected chi connectivity index (χ1v) is 7.29. The molecule has 3 N–H and O–H groups in total. The summed E-state index contributed by atoms with van der Waals surface area (Å²) in [6, 6.07) is 1.79. The molecule has 112 valence electrons. The number of nitrogens with zero attached hydrogens (tertiary/aromatic N) is 2. The zero-order valence-corrected chi connectivity index (χ0v) is 12.9. The largest absolute Gasteiger partial charge is 0.339 e. The Labute approximate surface area is 121 Å². The topological polar surface area (TPSA) is 71.2 Å². The minimum absolute atomic E-state index is 0.0140. The Hall–Kier alpha value is -1.62. The van der Waals surface area contributed by atoms with E-state index in [1.165, 1.54) is 0 Å². The number of hydrazine groups is 1. The first-order chi connectivity index (χ1) is 9.57. The number of nitrogen functional groups attached to an aromatic ring is 1. The molecule has 0 aliphatic rings. The molecule has 0 fully saturated rings. The molecule has 0 spiro atoms. The second kappa shape index (κ2) is 7.85. The number of aryl methyl sites for hydroxylation is 1. The van der Waals surface area contributed by atoms with E-state index in [0.717, 1.165) is 25.1 Å². The van der Waals surface area contributed by atoms with Crippen LogP contribution < -0.4 is 11.3 Å². The number of aromatic nitrogens is 1. The van der Waals surface area contributed by atoms with Crippen LogP contribution in [0.3, 0.4) is 0 Å². The first kappa shape index (κ1) is 16.4. The molecule has 0 saturated heterocycles. The number of rotatable bonds is 7. The Morgan fingerprint density at radius 2 is 2.05 bits per heavy atom. The molecule has 0 bridgehead atoms. The van der Waals surface area contributed by atoms with Crippen molar-refractivity contribution in [1.29, 1.82) is 0 Å². The number of pyridine rings is 1. The zero-order valence-electron chi connectivity index (χ0n) is 12.9. The lowest BCUT2D eigenvalue weighted by Gasteiger charge is -2.26. The van der Waals surface area contributed by atoms with Gasteiger partial charge in [-0.1, -0.05) is 26.7 Å². The van der Waals surface area contributed by atoms with Crippen molar-refractivity contribution < 1.29 is 4.79 Å². The highest BCUT2D eigenvalue weighted by Crippen LogP contribution is 2.18. The maximum atomic E-state index is 12.6. The van der Waals surface area contributed by atoms with E-state index in [2.05, 4.69) is 24.3 Å². The van der Waals surface area contributed by atoms with Crippen LogP contribution in [0, 0.1) is 12.8 Å². The number of hydrogen-bond donors (Lipinski definition) is 2. The Balaban J connectivity index is 2.96. The number of carbonyl (C=O) groups excluding carboxylic acids is 1. The van der Waals surface area contributed by atoms with Gasteiger partial charge in [0.25, 0.3) is 5.91 Å². The summed E-state index contributed by atoms with van der Waals surface area (Å²) in [5, 5.41) is 0. The van der Waals surface area contributed by atoms with E-state index < -0.39 is 0 Å². The molecule has 0 aliphatic carbocycles. The maximum absolute atomic E-state index is 12.6. The monoisotopic (exact) mass is 278 g/mol. The van der Waals surface area contributed by atoms with Crippen LogP contribution in [0.4, 0.5) is 5.69 Å². The van der Waals surface area contributed by atoms with Crippen LogP contribution in [0.1, 0.15) is 49.7 Å². The van der Waals surface area contributed by atoms with Crippen LogP contribution in [0.15, 0.2) is 12.3 Å². The second-order valence-electron chi connectivity index (χ2n) is 5.04. The maximum Gasteiger partial charge on any atom is 0.257 e. The molecule has 1 aromatic heterocycles. The number of carbonyl (C=O) groups is 1. The van der Waals surface area contributed by atoms with Gasteiger partial charge < -0.3 is 10.3 Å². The van der Waals surface area contributed by atoms with Crippen molar-refractivity contribution in [3.05, 3.63) is 23.5 Å². The van der Waals surface area contributed by atoms with Crippen molar-refractivity contribution in [2.45, 2.75) is 40.5 Å². The number of anilines is 1. The van der Waals surface area contributed by atoms with Gasteiger partial charge in [0, 0.05) is 25.0 Å². The number of nitrogens with one attached hydrogen (secondary N) is 1. The van der Waals surface area contributed by atoms with Crippen LogP contribution in [-0.2, 0) is 0 Å². The molecule has 0 atom stereocenters. The Bertz CT molecular complexity index is 443. The summed E-state index contributed by atoms with van der Waals surface area (Å²) < 4.78 is 0. The second-order valence-corrected chi connectivity index (χ2v) is 5.04. The van der Waals surface area contributed by atoms with Gasteiger partial charge in [-0.2, -0.15) is 0 Å². The average molecular weight is 278 g/mol. The fourth-order valence-corrected chi connectivity index (χ4v) is 2.23. The van der Waals surface area contributed by atoms with Gasteiger partial charge in [0.1, 0.15) is 0 Å². The van der Waals surface area contributed by atoms with Crippen LogP contribution in [-0.4, -0.2) is 28.9 Å². The number of hydrogen-bond acceptors (Lipinski definition) is 4. The van der Waals surface area contributed by atoms with Crippen LogP contribution in [0.2, 0.25) is 0 Å². The third kappa shape index (κ3) is 3.93. The molecule has 1 heterocycles. The molecule has 0 aromatic carbocycles. The molecule has 0 aliphatic heterocycles. The van der Waals surface area contributed by atoms with Crippen LogP contribution in [0.5, 0.6) is 0 Å². The third-order valence-electron chi connectivity index (χ3n) is 3.73. The van der Waals surface area contributed by atoms with Gasteiger partial charge in [-0.25, -0.2) is 0 Å². The number of nitrogens with two attached hydrogens (primary N) is 1. The molecule has 5 heteroatoms. The van der Waals surface area contributed by atoms with Gasteiger partial charge in [0.15, 0.2) is 0 Å². The van der Waals surface area contributed by atoms with E-state index in [0.29, 0.717) is 23.7 Å². The van der Waals surface area contributed by atoms with Crippen molar-refractivity contribution >= 4 is 11.6 Å². The third-order valence-corrected chi connectivity index (χ3v) is 3.73. The average Bonchev–Trinajstić information content (AvgIpc) is 2.47. The molecule has 0 radical (unpaired) electrons. The normalized spacial score (nSPS) is 10.7. The smallest absolute Gasteiger partial charge is 0.257 e. The summed E-state index contributed by atoms with van der Waals surface area (Å²) in [5.74, 6) is 6.02. The van der Waals surface area contributed by atoms with Crippen molar-refractivity contribution in [1.82, 2.24) is 9.88 Å². The quantitative estimate of drug-likeness (QED) is 0.594. The van der Waals surface area contributed by atoms with Gasteiger partial charge in [-0.15, -0.1) is 0 Å². The Kier molecular flexibility index (Phi) is 6.45. The minimum atomic E-state index is -0.0140. The molecule has 1 aromatic rings. The minimum Gasteiger partial charge on any atom is -0.339 e. The molecule has 20 heavy (non-hydrogen) atoms. The van der Waals surface area contributed by atoms with Crippen LogP contribution in [0.25, 0.3) is 0 Å². The molecular weight excluding hydrogens is 252 g/mol. The van der Waals surface area contributed by atoms with Crippen LogP contribution >= 0.6 is 0 Å². The van der Waals surface area contributed by atoms with Gasteiger partial charge in [-0.05, 0) is 25.8 Å². The van der Waals surface area contributed by atoms with Gasteiger partial charge >= 0.3 is 0 Å². The molecule has 1 amide bonds. The van der Waals surface area contributed by atoms with E-state index in [-0.39, 0.29) is 5.91 Å². The van der Waals surface area contributed by atoms with Gasteiger partial charge in [0.05, 0.1) is 11.3 Å². The predicted octanol–water partition coefficient (Wildman–Crippen LogP) is 2.57. The molecule has 0 saturated carbocycles. The van der Waals surface area contributed by atoms with Gasteiger partial charge in [-0.3, -0.25) is 15.6 Å². The molecular formula is C15H26N4O. The summed E-state index contributed by atoms with van der Waals surface area (Å²) in [5.41, 5.74) is 4.58. The van der Waals surface area contributed by atoms with Gasteiger partial charge in [0.2, 0.25) is 0 Å². The van der Waals surface area contributed by atoms with Crippen molar-refractivity contribution in [3.63, 3.8) is 0 Å². The lowest BCUT2D eigenvalue weighted by atomic mass is 10.0. The highest BCUT2D eigenvalue weighted by atomic mass is 16.2. The molecule has 5 nitrogen and oxygen atoms in total. The van der Waals surface area contributed by atoms with Crippen molar-refractivity contribution in [2.24, 2.45) is 11.8 Å². The van der Waals surface area contributed by atoms with Crippen molar-refractivity contribution in [2.75, 3.05) is 18.5 Å².